The number of nitrogen functional groups attached to an aromatic ring is 1. The van der Waals surface area contributed by atoms with Crippen molar-refractivity contribution in [2.75, 3.05) is 5.73 Å². The fourth-order valence-electron chi connectivity index (χ4n) is 2.18. The van der Waals surface area contributed by atoms with Crippen LogP contribution in [0.2, 0.25) is 0 Å². The average Bonchev–Trinajstić information content (AvgIpc) is 2.91. The van der Waals surface area contributed by atoms with Gasteiger partial charge >= 0.3 is 0 Å². The normalized spacial score (nSPS) is 11.2. The number of rotatable bonds is 3. The SMILES string of the molecule is Cc1cc(Oc2ncnc3nc[nH]c23)c(C(C)C)cc1N. The number of nitrogens with two attached hydrogens (primary N) is 1. The van der Waals surface area contributed by atoms with Crippen LogP contribution in [0.4, 0.5) is 5.69 Å². The van der Waals surface area contributed by atoms with Gasteiger partial charge in [-0.1, -0.05) is 13.8 Å². The molecule has 0 radical (unpaired) electrons. The highest BCUT2D eigenvalue weighted by molar-refractivity contribution is 5.75. The molecule has 0 atom stereocenters. The van der Waals surface area contributed by atoms with Crippen LogP contribution in [-0.4, -0.2) is 19.9 Å². The molecule has 0 saturated heterocycles. The third kappa shape index (κ3) is 2.40. The number of ether oxygens (including phenoxy) is 1. The van der Waals surface area contributed by atoms with Gasteiger partial charge in [0.2, 0.25) is 5.88 Å². The molecule has 0 aliphatic carbocycles. The number of benzene rings is 1. The van der Waals surface area contributed by atoms with Crippen molar-refractivity contribution in [3.63, 3.8) is 0 Å². The smallest absolute Gasteiger partial charge is 0.248 e. The van der Waals surface area contributed by atoms with Crippen LogP contribution in [0.25, 0.3) is 11.2 Å². The zero-order valence-electron chi connectivity index (χ0n) is 12.2. The Balaban J connectivity index is 2.09. The molecule has 0 saturated carbocycles. The summed E-state index contributed by atoms with van der Waals surface area (Å²) in [6, 6.07) is 3.90. The van der Waals surface area contributed by atoms with Crippen molar-refractivity contribution in [1.82, 2.24) is 19.9 Å². The summed E-state index contributed by atoms with van der Waals surface area (Å²) in [6.07, 6.45) is 3.02. The first-order chi connectivity index (χ1) is 10.1. The van der Waals surface area contributed by atoms with Crippen LogP contribution >= 0.6 is 0 Å². The average molecular weight is 283 g/mol. The minimum atomic E-state index is 0.294. The Morgan fingerprint density at radius 2 is 2.00 bits per heavy atom. The van der Waals surface area contributed by atoms with Crippen molar-refractivity contribution in [3.05, 3.63) is 35.9 Å². The maximum absolute atomic E-state index is 6.00. The lowest BCUT2D eigenvalue weighted by molar-refractivity contribution is 0.458. The second kappa shape index (κ2) is 5.05. The molecule has 0 aliphatic heterocycles. The fraction of sp³-hybridized carbons (Fsp3) is 0.267. The number of imidazole rings is 1. The molecule has 0 unspecified atom stereocenters. The molecule has 1 aromatic carbocycles. The lowest BCUT2D eigenvalue weighted by atomic mass is 9.99. The van der Waals surface area contributed by atoms with Gasteiger partial charge in [-0.25, -0.2) is 9.97 Å². The van der Waals surface area contributed by atoms with Crippen molar-refractivity contribution >= 4 is 16.9 Å². The third-order valence-corrected chi connectivity index (χ3v) is 3.42. The highest BCUT2D eigenvalue weighted by Gasteiger charge is 2.14. The van der Waals surface area contributed by atoms with Crippen LogP contribution in [0.1, 0.15) is 30.9 Å². The van der Waals surface area contributed by atoms with Gasteiger partial charge < -0.3 is 15.5 Å². The first-order valence-corrected chi connectivity index (χ1v) is 6.78. The Hall–Kier alpha value is -2.63. The van der Waals surface area contributed by atoms with E-state index in [4.69, 9.17) is 10.5 Å². The highest BCUT2D eigenvalue weighted by Crippen LogP contribution is 2.34. The van der Waals surface area contributed by atoms with E-state index in [-0.39, 0.29) is 0 Å². The number of aromatic nitrogens is 4. The zero-order valence-corrected chi connectivity index (χ0v) is 12.2. The molecule has 2 aromatic heterocycles. The molecule has 0 aliphatic rings. The largest absolute Gasteiger partial charge is 0.437 e. The van der Waals surface area contributed by atoms with Gasteiger partial charge in [0.25, 0.3) is 0 Å². The van der Waals surface area contributed by atoms with Crippen LogP contribution in [-0.2, 0) is 0 Å². The van der Waals surface area contributed by atoms with E-state index in [1.54, 1.807) is 6.33 Å². The first-order valence-electron chi connectivity index (χ1n) is 6.78. The van der Waals surface area contributed by atoms with Gasteiger partial charge in [-0.2, -0.15) is 4.98 Å². The second-order valence-corrected chi connectivity index (χ2v) is 5.28. The molecule has 0 bridgehead atoms. The molecule has 3 rings (SSSR count). The predicted molar refractivity (Wildman–Crippen MR) is 81.4 cm³/mol. The first kappa shape index (κ1) is 13.4. The van der Waals surface area contributed by atoms with Gasteiger partial charge in [0.1, 0.15) is 17.6 Å². The Labute approximate surface area is 122 Å². The molecule has 3 aromatic rings. The monoisotopic (exact) mass is 283 g/mol. The molecule has 6 heteroatoms. The van der Waals surface area contributed by atoms with Crippen LogP contribution in [0.5, 0.6) is 11.6 Å². The quantitative estimate of drug-likeness (QED) is 0.721. The molecule has 3 N–H and O–H groups in total. The van der Waals surface area contributed by atoms with Crippen LogP contribution in [0.15, 0.2) is 24.8 Å². The summed E-state index contributed by atoms with van der Waals surface area (Å²) in [5, 5.41) is 0. The number of aryl methyl sites for hydroxylation is 1. The lowest BCUT2D eigenvalue weighted by Gasteiger charge is -2.15. The van der Waals surface area contributed by atoms with E-state index in [1.807, 2.05) is 19.1 Å². The topological polar surface area (TPSA) is 89.7 Å². The van der Waals surface area contributed by atoms with Gasteiger partial charge in [0, 0.05) is 5.69 Å². The second-order valence-electron chi connectivity index (χ2n) is 5.28. The highest BCUT2D eigenvalue weighted by atomic mass is 16.5. The van der Waals surface area contributed by atoms with E-state index in [0.29, 0.717) is 23.0 Å². The summed E-state index contributed by atoms with van der Waals surface area (Å²) >= 11 is 0. The molecular weight excluding hydrogens is 266 g/mol. The minimum absolute atomic E-state index is 0.294. The molecular formula is C15H17N5O. The molecule has 0 amide bonds. The number of nitrogens with one attached hydrogen (secondary N) is 1. The van der Waals surface area contributed by atoms with E-state index in [1.165, 1.54) is 6.33 Å². The molecule has 21 heavy (non-hydrogen) atoms. The summed E-state index contributed by atoms with van der Waals surface area (Å²) in [5.41, 5.74) is 10.0. The van der Waals surface area contributed by atoms with E-state index >= 15 is 0 Å². The third-order valence-electron chi connectivity index (χ3n) is 3.42. The Morgan fingerprint density at radius 3 is 2.76 bits per heavy atom. The maximum Gasteiger partial charge on any atom is 0.248 e. The zero-order chi connectivity index (χ0) is 15.0. The van der Waals surface area contributed by atoms with E-state index in [9.17, 15) is 0 Å². The summed E-state index contributed by atoms with van der Waals surface area (Å²) < 4.78 is 6.00. The van der Waals surface area contributed by atoms with Gasteiger partial charge in [-0.05, 0) is 36.1 Å². The summed E-state index contributed by atoms with van der Waals surface area (Å²) in [7, 11) is 0. The standard InChI is InChI=1S/C15H17N5O/c1-8(2)10-5-11(16)9(3)4-12(10)21-15-13-14(18-6-17-13)19-7-20-15/h4-8H,16H2,1-3H3,(H,17,18,19,20). The number of aromatic amines is 1. The van der Waals surface area contributed by atoms with Crippen molar-refractivity contribution in [3.8, 4) is 11.6 Å². The summed E-state index contributed by atoms with van der Waals surface area (Å²) in [5.74, 6) is 1.51. The van der Waals surface area contributed by atoms with E-state index in [0.717, 1.165) is 22.6 Å². The van der Waals surface area contributed by atoms with Crippen molar-refractivity contribution in [1.29, 1.82) is 0 Å². The number of nitrogens with zero attached hydrogens (tertiary/aromatic N) is 3. The van der Waals surface area contributed by atoms with E-state index in [2.05, 4.69) is 33.8 Å². The van der Waals surface area contributed by atoms with Gasteiger partial charge in [0.05, 0.1) is 6.33 Å². The molecule has 108 valence electrons. The van der Waals surface area contributed by atoms with Crippen molar-refractivity contribution in [2.24, 2.45) is 0 Å². The molecule has 0 spiro atoms. The number of H-pyrrole nitrogens is 1. The number of fused-ring (bicyclic) bond motifs is 1. The van der Waals surface area contributed by atoms with Gasteiger partial charge in [0.15, 0.2) is 5.65 Å². The van der Waals surface area contributed by atoms with E-state index < -0.39 is 0 Å². The lowest BCUT2D eigenvalue weighted by Crippen LogP contribution is -2.00. The predicted octanol–water partition coefficient (Wildman–Crippen LogP) is 3.16. The Kier molecular flexibility index (Phi) is 3.21. The molecule has 6 nitrogen and oxygen atoms in total. The Morgan fingerprint density at radius 1 is 1.19 bits per heavy atom. The minimum Gasteiger partial charge on any atom is -0.437 e. The van der Waals surface area contributed by atoms with Crippen LogP contribution in [0.3, 0.4) is 0 Å². The number of anilines is 1. The van der Waals surface area contributed by atoms with Crippen molar-refractivity contribution in [2.45, 2.75) is 26.7 Å². The maximum atomic E-state index is 6.00. The molecule has 2 heterocycles. The number of hydrogen-bond donors (Lipinski definition) is 2. The summed E-state index contributed by atoms with van der Waals surface area (Å²) in [6.45, 7) is 6.16. The summed E-state index contributed by atoms with van der Waals surface area (Å²) in [4.78, 5) is 15.4. The fourth-order valence-corrected chi connectivity index (χ4v) is 2.18. The number of hydrogen-bond acceptors (Lipinski definition) is 5. The van der Waals surface area contributed by atoms with Crippen LogP contribution in [0, 0.1) is 6.92 Å². The molecule has 0 fully saturated rings. The van der Waals surface area contributed by atoms with Gasteiger partial charge in [-0.3, -0.25) is 0 Å². The van der Waals surface area contributed by atoms with Gasteiger partial charge in [-0.15, -0.1) is 0 Å². The van der Waals surface area contributed by atoms with Crippen molar-refractivity contribution < 1.29 is 4.74 Å². The van der Waals surface area contributed by atoms with Crippen LogP contribution < -0.4 is 10.5 Å². The Bertz CT molecular complexity index is 794.